The van der Waals surface area contributed by atoms with Gasteiger partial charge in [-0.1, -0.05) is 23.7 Å². The Morgan fingerprint density at radius 2 is 1.81 bits per heavy atom. The first-order valence-corrected chi connectivity index (χ1v) is 11.8. The second-order valence-electron chi connectivity index (χ2n) is 8.65. The van der Waals surface area contributed by atoms with Gasteiger partial charge in [0.05, 0.1) is 18.2 Å². The number of aromatic nitrogens is 3. The number of carbonyl (C=O) groups is 1. The van der Waals surface area contributed by atoms with Crippen LogP contribution in [0.15, 0.2) is 79.4 Å². The van der Waals surface area contributed by atoms with Crippen LogP contribution in [-0.2, 0) is 17.6 Å². The summed E-state index contributed by atoms with van der Waals surface area (Å²) in [6, 6.07) is 14.5. The second-order valence-corrected chi connectivity index (χ2v) is 9.09. The third-order valence-corrected chi connectivity index (χ3v) is 6.28. The van der Waals surface area contributed by atoms with Gasteiger partial charge in [-0.25, -0.2) is 18.7 Å². The summed E-state index contributed by atoms with van der Waals surface area (Å²) in [5.74, 6) is -1.65. The SMILES string of the molecule is O=C(Cc1c[nH]c2ccc(O)cc12)N[C@@H](Cc1cc(F)cc(F)c1)c1ncncc1-c1ccc(Cl)cc1. The fourth-order valence-corrected chi connectivity index (χ4v) is 4.51. The summed E-state index contributed by atoms with van der Waals surface area (Å²) < 4.78 is 27.9. The molecule has 186 valence electrons. The summed E-state index contributed by atoms with van der Waals surface area (Å²) in [6.07, 6.45) is 4.80. The molecule has 0 saturated heterocycles. The smallest absolute Gasteiger partial charge is 0.225 e. The van der Waals surface area contributed by atoms with Gasteiger partial charge in [0.15, 0.2) is 0 Å². The van der Waals surface area contributed by atoms with Gasteiger partial charge in [0.1, 0.15) is 23.7 Å². The lowest BCUT2D eigenvalue weighted by atomic mass is 9.96. The van der Waals surface area contributed by atoms with E-state index in [1.807, 2.05) is 12.1 Å². The molecule has 0 unspecified atom stereocenters. The number of aromatic amines is 1. The molecule has 5 aromatic rings. The third kappa shape index (κ3) is 5.59. The number of benzene rings is 3. The highest BCUT2D eigenvalue weighted by Gasteiger charge is 2.22. The third-order valence-electron chi connectivity index (χ3n) is 6.03. The van der Waals surface area contributed by atoms with Gasteiger partial charge < -0.3 is 15.4 Å². The van der Waals surface area contributed by atoms with Gasteiger partial charge >= 0.3 is 0 Å². The van der Waals surface area contributed by atoms with Crippen molar-refractivity contribution in [3.05, 3.63) is 113 Å². The standard InChI is InChI=1S/C28H21ClF2N4O2/c29-19-3-1-17(2-4-19)24-14-32-15-34-28(24)26(9-16-7-20(30)11-21(31)8-16)35-27(37)10-18-13-33-25-6-5-22(36)12-23(18)25/h1-8,11-15,26,33,36H,9-10H2,(H,35,37)/t26-/m0/s1. The molecule has 1 amide bonds. The number of carbonyl (C=O) groups excluding carboxylic acids is 1. The van der Waals surface area contributed by atoms with Gasteiger partial charge in [0.25, 0.3) is 0 Å². The van der Waals surface area contributed by atoms with E-state index in [4.69, 9.17) is 11.6 Å². The number of nitrogens with one attached hydrogen (secondary N) is 2. The van der Waals surface area contributed by atoms with Crippen LogP contribution < -0.4 is 5.32 Å². The first kappa shape index (κ1) is 24.4. The van der Waals surface area contributed by atoms with E-state index in [0.29, 0.717) is 27.4 Å². The maximum absolute atomic E-state index is 14.0. The fourth-order valence-electron chi connectivity index (χ4n) is 4.38. The Bertz CT molecular complexity index is 1570. The molecule has 5 rings (SSSR count). The lowest BCUT2D eigenvalue weighted by Crippen LogP contribution is -2.32. The van der Waals surface area contributed by atoms with Crippen molar-refractivity contribution in [1.29, 1.82) is 0 Å². The van der Waals surface area contributed by atoms with E-state index in [1.165, 1.54) is 18.5 Å². The van der Waals surface area contributed by atoms with Crippen LogP contribution in [0, 0.1) is 11.6 Å². The summed E-state index contributed by atoms with van der Waals surface area (Å²) in [7, 11) is 0. The van der Waals surface area contributed by atoms with Gasteiger partial charge in [0, 0.05) is 39.9 Å². The van der Waals surface area contributed by atoms with E-state index in [0.717, 1.165) is 22.5 Å². The summed E-state index contributed by atoms with van der Waals surface area (Å²) >= 11 is 6.05. The lowest BCUT2D eigenvalue weighted by molar-refractivity contribution is -0.121. The molecule has 37 heavy (non-hydrogen) atoms. The lowest BCUT2D eigenvalue weighted by Gasteiger charge is -2.21. The normalized spacial score (nSPS) is 12.0. The summed E-state index contributed by atoms with van der Waals surface area (Å²) in [5, 5.41) is 14.1. The number of phenols is 1. The monoisotopic (exact) mass is 518 g/mol. The van der Waals surface area contributed by atoms with Crippen LogP contribution in [0.1, 0.15) is 22.9 Å². The number of nitrogens with zero attached hydrogens (tertiary/aromatic N) is 2. The van der Waals surface area contributed by atoms with Crippen molar-refractivity contribution in [2.45, 2.75) is 18.9 Å². The maximum atomic E-state index is 14.0. The number of rotatable bonds is 7. The van der Waals surface area contributed by atoms with E-state index < -0.39 is 17.7 Å². The zero-order chi connectivity index (χ0) is 25.9. The number of H-pyrrole nitrogens is 1. The minimum atomic E-state index is -0.721. The number of aromatic hydroxyl groups is 1. The van der Waals surface area contributed by atoms with Gasteiger partial charge in [-0.2, -0.15) is 0 Å². The van der Waals surface area contributed by atoms with Crippen molar-refractivity contribution in [2.24, 2.45) is 0 Å². The highest BCUT2D eigenvalue weighted by molar-refractivity contribution is 6.30. The van der Waals surface area contributed by atoms with Crippen LogP contribution in [-0.4, -0.2) is 26.0 Å². The average molecular weight is 519 g/mol. The number of fused-ring (bicyclic) bond motifs is 1. The van der Waals surface area contributed by atoms with Crippen molar-refractivity contribution in [1.82, 2.24) is 20.3 Å². The Balaban J connectivity index is 1.49. The minimum Gasteiger partial charge on any atom is -0.508 e. The molecule has 0 aliphatic carbocycles. The molecule has 0 radical (unpaired) electrons. The van der Waals surface area contributed by atoms with Gasteiger partial charge in [-0.3, -0.25) is 4.79 Å². The predicted molar refractivity (Wildman–Crippen MR) is 137 cm³/mol. The van der Waals surface area contributed by atoms with Crippen LogP contribution in [0.3, 0.4) is 0 Å². The molecule has 6 nitrogen and oxygen atoms in total. The molecule has 1 atom stereocenters. The maximum Gasteiger partial charge on any atom is 0.225 e. The number of hydrogen-bond acceptors (Lipinski definition) is 4. The number of hydrogen-bond donors (Lipinski definition) is 3. The minimum absolute atomic E-state index is 0.0127. The first-order valence-electron chi connectivity index (χ1n) is 11.4. The Morgan fingerprint density at radius 3 is 2.57 bits per heavy atom. The van der Waals surface area contributed by atoms with Crippen LogP contribution in [0.2, 0.25) is 5.02 Å². The Labute approximate surface area is 216 Å². The van der Waals surface area contributed by atoms with Crippen molar-refractivity contribution >= 4 is 28.4 Å². The largest absolute Gasteiger partial charge is 0.508 e. The second kappa shape index (κ2) is 10.4. The molecule has 9 heteroatoms. The highest BCUT2D eigenvalue weighted by atomic mass is 35.5. The van der Waals surface area contributed by atoms with Crippen molar-refractivity contribution in [2.75, 3.05) is 0 Å². The Morgan fingerprint density at radius 1 is 1.05 bits per heavy atom. The Hall–Kier alpha value is -4.30. The fraction of sp³-hybridized carbons (Fsp3) is 0.107. The summed E-state index contributed by atoms with van der Waals surface area (Å²) in [4.78, 5) is 24.9. The first-order chi connectivity index (χ1) is 17.9. The zero-order valence-electron chi connectivity index (χ0n) is 19.4. The van der Waals surface area contributed by atoms with Gasteiger partial charge in [-0.15, -0.1) is 0 Å². The molecule has 2 aromatic heterocycles. The number of halogens is 3. The van der Waals surface area contributed by atoms with Crippen molar-refractivity contribution < 1.29 is 18.7 Å². The van der Waals surface area contributed by atoms with Crippen LogP contribution in [0.4, 0.5) is 8.78 Å². The summed E-state index contributed by atoms with van der Waals surface area (Å²) in [6.45, 7) is 0. The van der Waals surface area contributed by atoms with E-state index in [9.17, 15) is 18.7 Å². The molecule has 0 aliphatic heterocycles. The van der Waals surface area contributed by atoms with Crippen molar-refractivity contribution in [3.8, 4) is 16.9 Å². The number of phenolic OH excluding ortho intramolecular Hbond substituents is 1. The molecule has 3 aromatic carbocycles. The molecule has 2 heterocycles. The predicted octanol–water partition coefficient (Wildman–Crippen LogP) is 5.90. The van der Waals surface area contributed by atoms with Crippen LogP contribution in [0.5, 0.6) is 5.75 Å². The summed E-state index contributed by atoms with van der Waals surface area (Å²) in [5.41, 5.74) is 3.76. The molecule has 0 aliphatic rings. The van der Waals surface area contributed by atoms with Crippen LogP contribution >= 0.6 is 11.6 Å². The van der Waals surface area contributed by atoms with Gasteiger partial charge in [-0.05, 0) is 65.6 Å². The van der Waals surface area contributed by atoms with Crippen molar-refractivity contribution in [3.63, 3.8) is 0 Å². The quantitative estimate of drug-likeness (QED) is 0.250. The van der Waals surface area contributed by atoms with E-state index >= 15 is 0 Å². The van der Waals surface area contributed by atoms with E-state index in [2.05, 4.69) is 20.3 Å². The van der Waals surface area contributed by atoms with Gasteiger partial charge in [0.2, 0.25) is 5.91 Å². The zero-order valence-corrected chi connectivity index (χ0v) is 20.1. The van der Waals surface area contributed by atoms with Crippen LogP contribution in [0.25, 0.3) is 22.0 Å². The molecule has 0 bridgehead atoms. The van der Waals surface area contributed by atoms with E-state index in [1.54, 1.807) is 42.7 Å². The number of amides is 1. The molecule has 3 N–H and O–H groups in total. The average Bonchev–Trinajstić information content (AvgIpc) is 3.25. The highest BCUT2D eigenvalue weighted by Crippen LogP contribution is 2.30. The molecular formula is C28H21ClF2N4O2. The molecule has 0 fully saturated rings. The molecule has 0 saturated carbocycles. The molecular weight excluding hydrogens is 498 g/mol. The molecule has 0 spiro atoms. The van der Waals surface area contributed by atoms with E-state index in [-0.39, 0.29) is 24.5 Å². The topological polar surface area (TPSA) is 90.9 Å². The Kier molecular flexibility index (Phi) is 6.83.